The highest BCUT2D eigenvalue weighted by Crippen LogP contribution is 2.36. The van der Waals surface area contributed by atoms with Gasteiger partial charge in [-0.1, -0.05) is 31.0 Å². The first-order valence-electron chi connectivity index (χ1n) is 7.00. The lowest BCUT2D eigenvalue weighted by Crippen LogP contribution is -2.45. The summed E-state index contributed by atoms with van der Waals surface area (Å²) in [6.07, 6.45) is 8.49. The Bertz CT molecular complexity index is 480. The van der Waals surface area contributed by atoms with Crippen LogP contribution in [0.5, 0.6) is 0 Å². The number of rotatable bonds is 2. The first kappa shape index (κ1) is 12.9. The number of aryl methyl sites for hydroxylation is 1. The summed E-state index contributed by atoms with van der Waals surface area (Å²) in [7, 11) is 0. The third-order valence-corrected chi connectivity index (χ3v) is 5.09. The minimum Gasteiger partial charge on any atom is -0.359 e. The second kappa shape index (κ2) is 5.49. The van der Waals surface area contributed by atoms with Gasteiger partial charge in [0, 0.05) is 17.5 Å². The summed E-state index contributed by atoms with van der Waals surface area (Å²) in [5.74, 6) is 1.99. The molecule has 1 N–H and O–H groups in total. The maximum absolute atomic E-state index is 4.66. The summed E-state index contributed by atoms with van der Waals surface area (Å²) in [6.45, 7) is 2.56. The first-order chi connectivity index (χ1) is 9.26. The molecule has 1 spiro atoms. The number of hydrogen-bond donors (Lipinski definition) is 1. The van der Waals surface area contributed by atoms with Crippen LogP contribution in [0.15, 0.2) is 17.3 Å². The topological polar surface area (TPSA) is 50.2 Å². The Morgan fingerprint density at radius 3 is 3.00 bits per heavy atom. The largest absolute Gasteiger partial charge is 0.359 e. The fourth-order valence-corrected chi connectivity index (χ4v) is 4.05. The summed E-state index contributed by atoms with van der Waals surface area (Å²) in [4.78, 5) is 13.2. The summed E-state index contributed by atoms with van der Waals surface area (Å²) in [5.41, 5.74) is 1.33. The molecule has 4 nitrogen and oxygen atoms in total. The maximum atomic E-state index is 4.66. The molecule has 1 aromatic rings. The van der Waals surface area contributed by atoms with Gasteiger partial charge in [-0.2, -0.15) is 0 Å². The molecule has 3 rings (SSSR count). The van der Waals surface area contributed by atoms with Gasteiger partial charge in [0.15, 0.2) is 5.17 Å². The van der Waals surface area contributed by atoms with E-state index in [0.29, 0.717) is 12.1 Å². The fraction of sp³-hybridized carbons (Fsp3) is 0.643. The van der Waals surface area contributed by atoms with Crippen molar-refractivity contribution >= 4 is 16.9 Å². The van der Waals surface area contributed by atoms with Crippen molar-refractivity contribution in [2.45, 2.75) is 51.1 Å². The van der Waals surface area contributed by atoms with Crippen LogP contribution in [-0.4, -0.2) is 26.4 Å². The van der Waals surface area contributed by atoms with Crippen LogP contribution in [0.25, 0.3) is 0 Å². The predicted octanol–water partition coefficient (Wildman–Crippen LogP) is 2.68. The molecule has 0 atom stereocenters. The van der Waals surface area contributed by atoms with Crippen LogP contribution in [0.1, 0.15) is 43.6 Å². The zero-order valence-corrected chi connectivity index (χ0v) is 12.2. The molecule has 19 heavy (non-hydrogen) atoms. The summed E-state index contributed by atoms with van der Waals surface area (Å²) < 4.78 is 0. The van der Waals surface area contributed by atoms with Crippen molar-refractivity contribution in [3.63, 3.8) is 0 Å². The van der Waals surface area contributed by atoms with E-state index in [1.807, 2.05) is 24.8 Å². The van der Waals surface area contributed by atoms with Gasteiger partial charge < -0.3 is 5.32 Å². The van der Waals surface area contributed by atoms with Gasteiger partial charge in [-0.25, -0.2) is 9.97 Å². The number of hydrogen-bond acceptors (Lipinski definition) is 4. The van der Waals surface area contributed by atoms with Gasteiger partial charge in [0.2, 0.25) is 0 Å². The van der Waals surface area contributed by atoms with Gasteiger partial charge in [-0.05, 0) is 25.8 Å². The van der Waals surface area contributed by atoms with Crippen LogP contribution < -0.4 is 5.32 Å². The highest BCUT2D eigenvalue weighted by atomic mass is 32.2. The minimum atomic E-state index is 0.337. The Balaban J connectivity index is 1.62. The Labute approximate surface area is 118 Å². The molecule has 5 heteroatoms. The molecule has 0 bridgehead atoms. The van der Waals surface area contributed by atoms with E-state index in [9.17, 15) is 0 Å². The molecule has 1 aliphatic carbocycles. The number of thioether (sulfide) groups is 1. The molecule has 0 amide bonds. The molecule has 2 heterocycles. The number of nitrogens with one attached hydrogen (secondary N) is 1. The lowest BCUT2D eigenvalue weighted by molar-refractivity contribution is 0.303. The van der Waals surface area contributed by atoms with E-state index >= 15 is 0 Å². The van der Waals surface area contributed by atoms with Crippen LogP contribution in [0.2, 0.25) is 0 Å². The van der Waals surface area contributed by atoms with Gasteiger partial charge in [0.25, 0.3) is 0 Å². The van der Waals surface area contributed by atoms with E-state index in [4.69, 9.17) is 0 Å². The van der Waals surface area contributed by atoms with Crippen molar-refractivity contribution in [3.8, 4) is 0 Å². The molecule has 0 unspecified atom stereocenters. The normalized spacial score (nSPS) is 23.7. The maximum Gasteiger partial charge on any atom is 0.157 e. The predicted molar refractivity (Wildman–Crippen MR) is 79.3 cm³/mol. The molecule has 2 fully saturated rings. The molecule has 1 saturated heterocycles. The lowest BCUT2D eigenvalue weighted by Gasteiger charge is -2.32. The van der Waals surface area contributed by atoms with Gasteiger partial charge >= 0.3 is 0 Å². The fourth-order valence-electron chi connectivity index (χ4n) is 2.83. The van der Waals surface area contributed by atoms with Crippen molar-refractivity contribution in [1.29, 1.82) is 0 Å². The highest BCUT2D eigenvalue weighted by molar-refractivity contribution is 8.14. The van der Waals surface area contributed by atoms with Crippen molar-refractivity contribution < 1.29 is 0 Å². The van der Waals surface area contributed by atoms with Crippen LogP contribution in [0, 0.1) is 6.92 Å². The molecular weight excluding hydrogens is 256 g/mol. The molecule has 0 radical (unpaired) electrons. The average Bonchev–Trinajstić information content (AvgIpc) is 2.80. The van der Waals surface area contributed by atoms with Crippen molar-refractivity contribution in [1.82, 2.24) is 15.3 Å². The standard InChI is InChI=1S/C14H20N4S/c1-11-15-8-5-12(17-11)9-16-13-18-14(10-19-13)6-3-2-4-7-14/h5,8H,2-4,6-7,9-10H2,1H3,(H,16,18). The Kier molecular flexibility index (Phi) is 3.73. The second-order valence-corrected chi connectivity index (χ2v) is 6.44. The molecule has 0 aromatic carbocycles. The molecule has 1 saturated carbocycles. The van der Waals surface area contributed by atoms with Gasteiger partial charge in [0.05, 0.1) is 12.2 Å². The molecular formula is C14H20N4S. The average molecular weight is 276 g/mol. The number of amidine groups is 1. The SMILES string of the molecule is Cc1nccc(CN=C2NC3(CCCCC3)CS2)n1. The van der Waals surface area contributed by atoms with Crippen molar-refractivity contribution in [3.05, 3.63) is 23.8 Å². The zero-order valence-electron chi connectivity index (χ0n) is 11.4. The smallest absolute Gasteiger partial charge is 0.157 e. The molecule has 2 aliphatic rings. The van der Waals surface area contributed by atoms with Gasteiger partial charge in [-0.15, -0.1) is 0 Å². The minimum absolute atomic E-state index is 0.337. The molecule has 1 aromatic heterocycles. The zero-order chi connectivity index (χ0) is 13.1. The summed E-state index contributed by atoms with van der Waals surface area (Å²) in [5, 5.41) is 4.76. The van der Waals surface area contributed by atoms with E-state index < -0.39 is 0 Å². The Hall–Kier alpha value is -1.10. The van der Waals surface area contributed by atoms with E-state index in [0.717, 1.165) is 16.7 Å². The summed E-state index contributed by atoms with van der Waals surface area (Å²) >= 11 is 1.87. The van der Waals surface area contributed by atoms with Crippen LogP contribution in [-0.2, 0) is 6.54 Å². The third-order valence-electron chi connectivity index (χ3n) is 3.89. The number of aliphatic imine (C=N–C) groups is 1. The van der Waals surface area contributed by atoms with Crippen LogP contribution in [0.4, 0.5) is 0 Å². The lowest BCUT2D eigenvalue weighted by atomic mass is 9.83. The quantitative estimate of drug-likeness (QED) is 0.902. The Morgan fingerprint density at radius 2 is 2.21 bits per heavy atom. The number of nitrogens with zero attached hydrogens (tertiary/aromatic N) is 3. The van der Waals surface area contributed by atoms with Gasteiger partial charge in [-0.3, -0.25) is 4.99 Å². The van der Waals surface area contributed by atoms with E-state index in [1.54, 1.807) is 6.20 Å². The number of aromatic nitrogens is 2. The van der Waals surface area contributed by atoms with E-state index in [2.05, 4.69) is 20.3 Å². The van der Waals surface area contributed by atoms with Crippen molar-refractivity contribution in [2.75, 3.05) is 5.75 Å². The Morgan fingerprint density at radius 1 is 1.37 bits per heavy atom. The third kappa shape index (κ3) is 3.08. The van der Waals surface area contributed by atoms with Crippen molar-refractivity contribution in [2.24, 2.45) is 4.99 Å². The molecule has 102 valence electrons. The first-order valence-corrected chi connectivity index (χ1v) is 7.98. The van der Waals surface area contributed by atoms with E-state index in [1.165, 1.54) is 37.9 Å². The monoisotopic (exact) mass is 276 g/mol. The summed E-state index contributed by atoms with van der Waals surface area (Å²) in [6, 6.07) is 1.94. The highest BCUT2D eigenvalue weighted by Gasteiger charge is 2.37. The molecule has 1 aliphatic heterocycles. The van der Waals surface area contributed by atoms with Crippen LogP contribution >= 0.6 is 11.8 Å². The van der Waals surface area contributed by atoms with Gasteiger partial charge in [0.1, 0.15) is 5.82 Å². The van der Waals surface area contributed by atoms with Crippen LogP contribution in [0.3, 0.4) is 0 Å². The van der Waals surface area contributed by atoms with E-state index in [-0.39, 0.29) is 0 Å². The second-order valence-electron chi connectivity index (χ2n) is 5.47.